The first-order chi connectivity index (χ1) is 17.0. The van der Waals surface area contributed by atoms with Crippen molar-refractivity contribution in [3.8, 4) is 5.75 Å². The lowest BCUT2D eigenvalue weighted by Crippen LogP contribution is -2.49. The maximum atomic E-state index is 13.6. The average Bonchev–Trinajstić information content (AvgIpc) is 3.66. The highest BCUT2D eigenvalue weighted by atomic mass is 19.4. The van der Waals surface area contributed by atoms with Gasteiger partial charge in [0.15, 0.2) is 0 Å². The van der Waals surface area contributed by atoms with Gasteiger partial charge in [-0.15, -0.1) is 0 Å². The Kier molecular flexibility index (Phi) is 5.62. The number of rotatable bonds is 5. The summed E-state index contributed by atoms with van der Waals surface area (Å²) in [4.78, 5) is 13.1. The van der Waals surface area contributed by atoms with Crippen molar-refractivity contribution in [3.63, 3.8) is 0 Å². The molecule has 0 radical (unpaired) electrons. The number of nitrogens with zero attached hydrogens (tertiary/aromatic N) is 1. The van der Waals surface area contributed by atoms with E-state index in [0.29, 0.717) is 18.5 Å². The molecule has 4 nitrogen and oxygen atoms in total. The Morgan fingerprint density at radius 3 is 2.19 bits per heavy atom. The topological polar surface area (TPSA) is 60.8 Å². The van der Waals surface area contributed by atoms with Crippen LogP contribution >= 0.6 is 0 Å². The highest BCUT2D eigenvalue weighted by Gasteiger charge is 2.64. The fourth-order valence-corrected chi connectivity index (χ4v) is 5.47. The second kappa shape index (κ2) is 8.43. The predicted octanol–water partition coefficient (Wildman–Crippen LogP) is 6.41. The molecule has 0 saturated heterocycles. The highest BCUT2D eigenvalue weighted by molar-refractivity contribution is 5.85. The summed E-state index contributed by atoms with van der Waals surface area (Å²) in [6.07, 6.45) is -0.741. The normalized spacial score (nSPS) is 20.8. The number of hydrogen-bond acceptors (Lipinski definition) is 3. The van der Waals surface area contributed by atoms with Gasteiger partial charge in [-0.3, -0.25) is 0 Å². The quantitative estimate of drug-likeness (QED) is 0.403. The second-order valence-electron chi connectivity index (χ2n) is 9.74. The molecule has 186 valence electrons. The summed E-state index contributed by atoms with van der Waals surface area (Å²) >= 11 is 0. The number of alkyl halides is 3. The smallest absolute Gasteiger partial charge is 0.398 e. The van der Waals surface area contributed by atoms with E-state index in [-0.39, 0.29) is 18.6 Å². The molecular formula is C29H26F3NO3. The molecule has 0 aromatic heterocycles. The van der Waals surface area contributed by atoms with Gasteiger partial charge in [-0.1, -0.05) is 42.5 Å². The van der Waals surface area contributed by atoms with E-state index in [1.54, 1.807) is 36.4 Å². The van der Waals surface area contributed by atoms with E-state index >= 15 is 0 Å². The minimum absolute atomic E-state index is 0.122. The number of hydrogen-bond donors (Lipinski definition) is 2. The van der Waals surface area contributed by atoms with Crippen LogP contribution in [0.3, 0.4) is 0 Å². The fourth-order valence-electron chi connectivity index (χ4n) is 5.47. The molecule has 1 aliphatic heterocycles. The Hall–Kier alpha value is -3.74. The zero-order chi connectivity index (χ0) is 25.7. The first-order valence-electron chi connectivity index (χ1n) is 11.8. The molecular weight excluding hydrogens is 467 g/mol. The Balaban J connectivity index is 1.57. The summed E-state index contributed by atoms with van der Waals surface area (Å²) in [5.41, 5.74) is 2.42. The molecule has 0 amide bonds. The lowest BCUT2D eigenvalue weighted by molar-refractivity contribution is -0.160. The monoisotopic (exact) mass is 493 g/mol. The van der Waals surface area contributed by atoms with E-state index in [9.17, 15) is 23.1 Å². The van der Waals surface area contributed by atoms with Gasteiger partial charge in [0, 0.05) is 18.3 Å². The van der Waals surface area contributed by atoms with Crippen molar-refractivity contribution in [2.75, 3.05) is 11.4 Å². The number of halogens is 3. The fraction of sp³-hybridized carbons (Fsp3) is 0.276. The number of carboxylic acids is 1. The van der Waals surface area contributed by atoms with Crippen molar-refractivity contribution in [1.82, 2.24) is 0 Å². The van der Waals surface area contributed by atoms with E-state index in [4.69, 9.17) is 5.11 Å². The van der Waals surface area contributed by atoms with Crippen molar-refractivity contribution in [2.24, 2.45) is 0 Å². The van der Waals surface area contributed by atoms with Crippen LogP contribution in [0.15, 0.2) is 72.8 Å². The number of carboxylic acid groups (broad SMARTS) is 1. The van der Waals surface area contributed by atoms with Crippen LogP contribution < -0.4 is 4.90 Å². The molecule has 2 aliphatic rings. The Bertz CT molecular complexity index is 1330. The minimum Gasteiger partial charge on any atom is -0.508 e. The third-order valence-corrected chi connectivity index (χ3v) is 7.67. The molecule has 5 rings (SSSR count). The third kappa shape index (κ3) is 3.92. The van der Waals surface area contributed by atoms with Crippen LogP contribution in [0.4, 0.5) is 18.9 Å². The van der Waals surface area contributed by atoms with Gasteiger partial charge in [0.25, 0.3) is 0 Å². The molecule has 7 heteroatoms. The van der Waals surface area contributed by atoms with Gasteiger partial charge in [0.05, 0.1) is 11.0 Å². The van der Waals surface area contributed by atoms with E-state index in [1.807, 2.05) is 30.3 Å². The van der Waals surface area contributed by atoms with Crippen LogP contribution in [0.2, 0.25) is 0 Å². The molecule has 1 unspecified atom stereocenters. The van der Waals surface area contributed by atoms with Crippen LogP contribution in [0, 0.1) is 0 Å². The van der Waals surface area contributed by atoms with Gasteiger partial charge in [-0.25, -0.2) is 4.79 Å². The van der Waals surface area contributed by atoms with Crippen molar-refractivity contribution < 1.29 is 28.2 Å². The van der Waals surface area contributed by atoms with Crippen LogP contribution in [-0.4, -0.2) is 28.9 Å². The van der Waals surface area contributed by atoms with E-state index in [0.717, 1.165) is 34.0 Å². The van der Waals surface area contributed by atoms with Crippen molar-refractivity contribution >= 4 is 17.7 Å². The van der Waals surface area contributed by atoms with Gasteiger partial charge in [-0.2, -0.15) is 13.2 Å². The van der Waals surface area contributed by atoms with Gasteiger partial charge in [0.2, 0.25) is 0 Å². The molecule has 1 saturated carbocycles. The lowest BCUT2D eigenvalue weighted by atomic mass is 9.76. The number of phenols is 1. The summed E-state index contributed by atoms with van der Waals surface area (Å²) in [5, 5.41) is 19.0. The number of benzene rings is 3. The molecule has 1 atom stereocenters. The number of fused-ring (bicyclic) bond motifs is 1. The summed E-state index contributed by atoms with van der Waals surface area (Å²) in [6, 6.07) is 19.6. The lowest BCUT2D eigenvalue weighted by Gasteiger charge is -2.48. The average molecular weight is 494 g/mol. The molecule has 1 aliphatic carbocycles. The molecule has 0 bridgehead atoms. The minimum atomic E-state index is -4.26. The van der Waals surface area contributed by atoms with E-state index < -0.39 is 23.1 Å². The summed E-state index contributed by atoms with van der Waals surface area (Å²) in [5.74, 6) is -0.842. The zero-order valence-electron chi connectivity index (χ0n) is 19.7. The van der Waals surface area contributed by atoms with Crippen LogP contribution in [0.1, 0.15) is 47.6 Å². The zero-order valence-corrected chi connectivity index (χ0v) is 19.7. The van der Waals surface area contributed by atoms with E-state index in [2.05, 4.69) is 11.8 Å². The molecule has 3 aromatic rings. The Labute approximate surface area is 207 Å². The third-order valence-electron chi connectivity index (χ3n) is 7.67. The highest BCUT2D eigenvalue weighted by Crippen LogP contribution is 2.59. The SMILES string of the molecule is CC1(c2ccc(/C=C/C(=O)O)cc2)c2ccc(O)cc2CCN1c1ccc(C2(C(F)(F)F)CC2)cc1. The molecule has 0 spiro atoms. The number of aromatic hydroxyl groups is 1. The first kappa shape index (κ1) is 24.0. The van der Waals surface area contributed by atoms with Gasteiger partial charge in [0.1, 0.15) is 5.75 Å². The van der Waals surface area contributed by atoms with Crippen molar-refractivity contribution in [2.45, 2.75) is 43.3 Å². The summed E-state index contributed by atoms with van der Waals surface area (Å²) in [7, 11) is 0. The second-order valence-corrected chi connectivity index (χ2v) is 9.74. The number of phenolic OH excluding ortho intramolecular Hbond substituents is 1. The maximum Gasteiger partial charge on any atom is 0.398 e. The molecule has 2 N–H and O–H groups in total. The van der Waals surface area contributed by atoms with E-state index in [1.165, 1.54) is 6.08 Å². The van der Waals surface area contributed by atoms with Gasteiger partial charge >= 0.3 is 12.1 Å². The Morgan fingerprint density at radius 2 is 1.61 bits per heavy atom. The number of aliphatic carboxylic acids is 1. The largest absolute Gasteiger partial charge is 0.508 e. The van der Waals surface area contributed by atoms with Crippen LogP contribution in [0.5, 0.6) is 5.75 Å². The van der Waals surface area contributed by atoms with Gasteiger partial charge in [-0.05, 0) is 84.3 Å². The first-order valence-corrected chi connectivity index (χ1v) is 11.8. The Morgan fingerprint density at radius 1 is 0.972 bits per heavy atom. The van der Waals surface area contributed by atoms with Gasteiger partial charge < -0.3 is 15.1 Å². The van der Waals surface area contributed by atoms with Crippen molar-refractivity contribution in [3.05, 3.63) is 101 Å². The molecule has 1 heterocycles. The summed E-state index contributed by atoms with van der Waals surface area (Å²) in [6.45, 7) is 2.67. The van der Waals surface area contributed by atoms with Crippen LogP contribution in [-0.2, 0) is 22.2 Å². The maximum absolute atomic E-state index is 13.6. The predicted molar refractivity (Wildman–Crippen MR) is 132 cm³/mol. The summed E-state index contributed by atoms with van der Waals surface area (Å²) < 4.78 is 40.9. The standard InChI is InChI=1S/C29H26F3NO3/c1-27(21-5-2-19(3-6-21)4-13-26(35)36)25-12-11-24(34)18-20(25)14-17-33(27)23-9-7-22(8-10-23)28(15-16-28)29(30,31)32/h2-13,18,34H,14-17H2,1H3,(H,35,36)/b13-4+. The molecule has 3 aromatic carbocycles. The number of anilines is 1. The number of carbonyl (C=O) groups is 1. The van der Waals surface area contributed by atoms with Crippen molar-refractivity contribution in [1.29, 1.82) is 0 Å². The molecule has 1 fully saturated rings. The molecule has 36 heavy (non-hydrogen) atoms. The van der Waals surface area contributed by atoms with Crippen LogP contribution in [0.25, 0.3) is 6.08 Å².